The van der Waals surface area contributed by atoms with Crippen molar-refractivity contribution in [3.63, 3.8) is 0 Å². The van der Waals surface area contributed by atoms with E-state index in [-0.39, 0.29) is 18.9 Å². The SMILES string of the molecule is CC(C)[C@@](C)(C#N)NC(=O)COC(=O)CCOc1ccccc1. The number of carbonyl (C=O) groups excluding carboxylic acids is 2. The molecule has 1 aromatic rings. The third kappa shape index (κ3) is 6.39. The van der Waals surface area contributed by atoms with Crippen molar-refractivity contribution in [3.8, 4) is 11.8 Å². The molecule has 1 aromatic carbocycles. The molecule has 0 aromatic heterocycles. The number of nitrogens with zero attached hydrogens (tertiary/aromatic N) is 1. The highest BCUT2D eigenvalue weighted by molar-refractivity contribution is 5.81. The van der Waals surface area contributed by atoms with Crippen molar-refractivity contribution in [3.05, 3.63) is 30.3 Å². The Balaban J connectivity index is 2.28. The average Bonchev–Trinajstić information content (AvgIpc) is 2.53. The fourth-order valence-corrected chi connectivity index (χ4v) is 1.61. The van der Waals surface area contributed by atoms with Gasteiger partial charge in [-0.15, -0.1) is 0 Å². The van der Waals surface area contributed by atoms with E-state index in [1.807, 2.05) is 32.0 Å². The van der Waals surface area contributed by atoms with Crippen LogP contribution in [0.4, 0.5) is 0 Å². The summed E-state index contributed by atoms with van der Waals surface area (Å²) in [5.74, 6) is -0.425. The molecule has 1 rings (SSSR count). The van der Waals surface area contributed by atoms with Crippen molar-refractivity contribution in [2.45, 2.75) is 32.7 Å². The number of benzene rings is 1. The van der Waals surface area contributed by atoms with Crippen LogP contribution < -0.4 is 10.1 Å². The zero-order valence-electron chi connectivity index (χ0n) is 13.7. The summed E-state index contributed by atoms with van der Waals surface area (Å²) in [4.78, 5) is 23.3. The number of esters is 1. The summed E-state index contributed by atoms with van der Waals surface area (Å²) in [7, 11) is 0. The Bertz CT molecular complexity index is 566. The van der Waals surface area contributed by atoms with E-state index in [0.717, 1.165) is 0 Å². The summed E-state index contributed by atoms with van der Waals surface area (Å²) >= 11 is 0. The normalized spacial score (nSPS) is 12.8. The van der Waals surface area contributed by atoms with Crippen LogP contribution in [0.15, 0.2) is 30.3 Å². The van der Waals surface area contributed by atoms with Gasteiger partial charge < -0.3 is 14.8 Å². The topological polar surface area (TPSA) is 88.4 Å². The van der Waals surface area contributed by atoms with Gasteiger partial charge in [-0.3, -0.25) is 9.59 Å². The maximum Gasteiger partial charge on any atom is 0.309 e. The molecule has 23 heavy (non-hydrogen) atoms. The second-order valence-corrected chi connectivity index (χ2v) is 5.59. The summed E-state index contributed by atoms with van der Waals surface area (Å²) < 4.78 is 10.2. The molecule has 0 spiro atoms. The van der Waals surface area contributed by atoms with Gasteiger partial charge in [0.25, 0.3) is 5.91 Å². The van der Waals surface area contributed by atoms with Crippen molar-refractivity contribution < 1.29 is 19.1 Å². The Morgan fingerprint density at radius 3 is 2.52 bits per heavy atom. The van der Waals surface area contributed by atoms with Crippen molar-refractivity contribution in [2.75, 3.05) is 13.2 Å². The molecular formula is C17H22N2O4. The van der Waals surface area contributed by atoms with Gasteiger partial charge in [-0.2, -0.15) is 5.26 Å². The first-order valence-corrected chi connectivity index (χ1v) is 7.43. The number of carbonyl (C=O) groups is 2. The van der Waals surface area contributed by atoms with Crippen LogP contribution in [0.25, 0.3) is 0 Å². The Kier molecular flexibility index (Phi) is 7.07. The lowest BCUT2D eigenvalue weighted by atomic mass is 9.90. The van der Waals surface area contributed by atoms with Crippen molar-refractivity contribution >= 4 is 11.9 Å². The van der Waals surface area contributed by atoms with Gasteiger partial charge in [-0.1, -0.05) is 32.0 Å². The maximum absolute atomic E-state index is 11.8. The quantitative estimate of drug-likeness (QED) is 0.741. The molecule has 0 heterocycles. The predicted molar refractivity (Wildman–Crippen MR) is 84.5 cm³/mol. The Labute approximate surface area is 136 Å². The number of rotatable bonds is 8. The minimum absolute atomic E-state index is 0.0435. The highest BCUT2D eigenvalue weighted by atomic mass is 16.5. The van der Waals surface area contributed by atoms with Crippen LogP contribution in [0.1, 0.15) is 27.2 Å². The van der Waals surface area contributed by atoms with Gasteiger partial charge in [0.1, 0.15) is 11.3 Å². The molecule has 6 heteroatoms. The fourth-order valence-electron chi connectivity index (χ4n) is 1.61. The molecule has 0 radical (unpaired) electrons. The smallest absolute Gasteiger partial charge is 0.309 e. The maximum atomic E-state index is 11.8. The van der Waals surface area contributed by atoms with Crippen molar-refractivity contribution in [1.82, 2.24) is 5.32 Å². The molecule has 0 aliphatic heterocycles. The first-order chi connectivity index (χ1) is 10.9. The third-order valence-corrected chi connectivity index (χ3v) is 3.47. The number of nitriles is 1. The molecule has 0 saturated heterocycles. The number of hydrogen-bond acceptors (Lipinski definition) is 5. The molecule has 124 valence electrons. The lowest BCUT2D eigenvalue weighted by Crippen LogP contribution is -2.50. The minimum atomic E-state index is -0.986. The van der Waals surface area contributed by atoms with E-state index >= 15 is 0 Å². The van der Waals surface area contributed by atoms with E-state index in [1.165, 1.54) is 0 Å². The van der Waals surface area contributed by atoms with Crippen LogP contribution in [0.2, 0.25) is 0 Å². The molecule has 1 N–H and O–H groups in total. The zero-order valence-corrected chi connectivity index (χ0v) is 13.7. The van der Waals surface area contributed by atoms with Gasteiger partial charge in [-0.05, 0) is 25.0 Å². The zero-order chi connectivity index (χ0) is 17.3. The lowest BCUT2D eigenvalue weighted by Gasteiger charge is -2.27. The van der Waals surface area contributed by atoms with Gasteiger partial charge in [0.2, 0.25) is 0 Å². The molecule has 0 bridgehead atoms. The Morgan fingerprint density at radius 1 is 1.30 bits per heavy atom. The number of hydrogen-bond donors (Lipinski definition) is 1. The first kappa shape index (κ1) is 18.5. The number of ether oxygens (including phenoxy) is 2. The van der Waals surface area contributed by atoms with Crippen molar-refractivity contribution in [1.29, 1.82) is 5.26 Å². The van der Waals surface area contributed by atoms with Gasteiger partial charge >= 0.3 is 5.97 Å². The largest absolute Gasteiger partial charge is 0.493 e. The molecule has 1 atom stereocenters. The van der Waals surface area contributed by atoms with Gasteiger partial charge in [0.15, 0.2) is 6.61 Å². The van der Waals surface area contributed by atoms with E-state index in [0.29, 0.717) is 5.75 Å². The van der Waals surface area contributed by atoms with Gasteiger partial charge in [0.05, 0.1) is 19.1 Å². The van der Waals surface area contributed by atoms with E-state index in [2.05, 4.69) is 11.4 Å². The highest BCUT2D eigenvalue weighted by Crippen LogP contribution is 2.14. The fraction of sp³-hybridized carbons (Fsp3) is 0.471. The third-order valence-electron chi connectivity index (χ3n) is 3.47. The number of para-hydroxylation sites is 1. The van der Waals surface area contributed by atoms with Crippen molar-refractivity contribution in [2.24, 2.45) is 5.92 Å². The van der Waals surface area contributed by atoms with E-state index in [9.17, 15) is 9.59 Å². The molecule has 0 saturated carbocycles. The van der Waals surface area contributed by atoms with Crippen LogP contribution in [-0.4, -0.2) is 30.6 Å². The second-order valence-electron chi connectivity index (χ2n) is 5.59. The van der Waals surface area contributed by atoms with Gasteiger partial charge in [-0.25, -0.2) is 0 Å². The summed E-state index contributed by atoms with van der Waals surface area (Å²) in [6.07, 6.45) is 0.0435. The van der Waals surface area contributed by atoms with Crippen LogP contribution >= 0.6 is 0 Å². The van der Waals surface area contributed by atoms with E-state index < -0.39 is 24.0 Å². The Morgan fingerprint density at radius 2 is 1.96 bits per heavy atom. The molecule has 0 aliphatic carbocycles. The molecule has 0 fully saturated rings. The number of nitrogens with one attached hydrogen (secondary N) is 1. The van der Waals surface area contributed by atoms with Crippen LogP contribution in [0, 0.1) is 17.2 Å². The predicted octanol–water partition coefficient (Wildman–Crippen LogP) is 2.05. The first-order valence-electron chi connectivity index (χ1n) is 7.43. The molecular weight excluding hydrogens is 296 g/mol. The van der Waals surface area contributed by atoms with Crippen LogP contribution in [-0.2, 0) is 14.3 Å². The summed E-state index contributed by atoms with van der Waals surface area (Å²) in [5.41, 5.74) is -0.986. The monoisotopic (exact) mass is 318 g/mol. The summed E-state index contributed by atoms with van der Waals surface area (Å²) in [5, 5.41) is 11.7. The highest BCUT2D eigenvalue weighted by Gasteiger charge is 2.30. The standard InChI is InChI=1S/C17H22N2O4/c1-13(2)17(3,12-18)19-15(20)11-23-16(21)9-10-22-14-7-5-4-6-8-14/h4-8,13H,9-11H2,1-3H3,(H,19,20)/t17-/m1/s1. The van der Waals surface area contributed by atoms with Gasteiger partial charge in [0, 0.05) is 0 Å². The summed E-state index contributed by atoms with van der Waals surface area (Å²) in [6.45, 7) is 5.05. The lowest BCUT2D eigenvalue weighted by molar-refractivity contribution is -0.149. The molecule has 1 amide bonds. The second kappa shape index (κ2) is 8.79. The number of amides is 1. The van der Waals surface area contributed by atoms with E-state index in [4.69, 9.17) is 14.7 Å². The molecule has 0 unspecified atom stereocenters. The average molecular weight is 318 g/mol. The summed E-state index contributed by atoms with van der Waals surface area (Å²) in [6, 6.07) is 11.2. The molecule has 6 nitrogen and oxygen atoms in total. The van der Waals surface area contributed by atoms with E-state index in [1.54, 1.807) is 19.1 Å². The minimum Gasteiger partial charge on any atom is -0.493 e. The Hall–Kier alpha value is -2.55. The molecule has 0 aliphatic rings. The van der Waals surface area contributed by atoms with Crippen LogP contribution in [0.3, 0.4) is 0 Å². The van der Waals surface area contributed by atoms with Crippen LogP contribution in [0.5, 0.6) is 5.75 Å².